The third kappa shape index (κ3) is 2.81. The lowest BCUT2D eigenvalue weighted by Crippen LogP contribution is -2.14. The number of nitrogens with two attached hydrogens (primary N) is 1. The largest absolute Gasteiger partial charge is 0.320 e. The Morgan fingerprint density at radius 2 is 1.84 bits per heavy atom. The summed E-state index contributed by atoms with van der Waals surface area (Å²) in [5.74, 6) is -1.78. The predicted octanol–water partition coefficient (Wildman–Crippen LogP) is 4.74. The summed E-state index contributed by atoms with van der Waals surface area (Å²) in [5.41, 5.74) is 6.96. The van der Waals surface area contributed by atoms with E-state index < -0.39 is 17.7 Å². The van der Waals surface area contributed by atoms with Gasteiger partial charge in [0.05, 0.1) is 11.1 Å². The van der Waals surface area contributed by atoms with Crippen LogP contribution in [0.2, 0.25) is 5.02 Å². The van der Waals surface area contributed by atoms with Gasteiger partial charge >= 0.3 is 0 Å². The van der Waals surface area contributed by atoms with Crippen molar-refractivity contribution >= 4 is 27.5 Å². The van der Waals surface area contributed by atoms with Crippen molar-refractivity contribution in [1.29, 1.82) is 0 Å². The maximum Gasteiger partial charge on any atom is 0.164 e. The fourth-order valence-electron chi connectivity index (χ4n) is 1.79. The quantitative estimate of drug-likeness (QED) is 0.835. The summed E-state index contributed by atoms with van der Waals surface area (Å²) >= 11 is 9.23. The van der Waals surface area contributed by atoms with Gasteiger partial charge in [-0.15, -0.1) is 0 Å². The summed E-state index contributed by atoms with van der Waals surface area (Å²) in [4.78, 5) is 0. The number of halogens is 4. The van der Waals surface area contributed by atoms with Crippen molar-refractivity contribution in [3.63, 3.8) is 0 Å². The van der Waals surface area contributed by atoms with E-state index in [0.29, 0.717) is 10.6 Å². The normalized spacial score (nSPS) is 12.5. The minimum atomic E-state index is -0.911. The fourth-order valence-corrected chi connectivity index (χ4v) is 2.22. The second-order valence-electron chi connectivity index (χ2n) is 4.25. The lowest BCUT2D eigenvalue weighted by atomic mass is 9.98. The van der Waals surface area contributed by atoms with Gasteiger partial charge in [-0.25, -0.2) is 8.78 Å². The van der Waals surface area contributed by atoms with Crippen LogP contribution >= 0.6 is 27.5 Å². The molecule has 0 aromatic heterocycles. The Bertz CT molecular complexity index is 631. The molecule has 0 aliphatic heterocycles. The van der Waals surface area contributed by atoms with Crippen LogP contribution in [0.25, 0.3) is 0 Å². The highest BCUT2D eigenvalue weighted by Gasteiger charge is 2.18. The molecule has 0 spiro atoms. The van der Waals surface area contributed by atoms with Crippen LogP contribution in [0.3, 0.4) is 0 Å². The molecule has 0 fully saturated rings. The lowest BCUT2D eigenvalue weighted by Gasteiger charge is -2.15. The summed E-state index contributed by atoms with van der Waals surface area (Å²) in [6.07, 6.45) is 0. The van der Waals surface area contributed by atoms with Crippen LogP contribution in [0, 0.1) is 18.6 Å². The molecule has 1 atom stereocenters. The maximum absolute atomic E-state index is 13.9. The van der Waals surface area contributed by atoms with Crippen molar-refractivity contribution in [3.8, 4) is 0 Å². The molecule has 1 nitrogen and oxygen atoms in total. The van der Waals surface area contributed by atoms with Gasteiger partial charge < -0.3 is 5.73 Å². The standard InChI is InChI=1S/C14H11BrClF2N/c1-7-2-4-9(13(18)12(7)17)14(19)8-3-5-10(15)11(16)6-8/h2-6,14H,19H2,1H3. The average molecular weight is 347 g/mol. The molecular formula is C14H11BrClF2N. The highest BCUT2D eigenvalue weighted by Crippen LogP contribution is 2.29. The molecule has 0 saturated carbocycles. The van der Waals surface area contributed by atoms with Crippen LogP contribution in [-0.4, -0.2) is 0 Å². The topological polar surface area (TPSA) is 26.0 Å². The molecule has 0 aliphatic rings. The van der Waals surface area contributed by atoms with Crippen molar-refractivity contribution in [1.82, 2.24) is 0 Å². The molecule has 0 amide bonds. The van der Waals surface area contributed by atoms with E-state index in [0.717, 1.165) is 4.47 Å². The Morgan fingerprint density at radius 3 is 2.47 bits per heavy atom. The van der Waals surface area contributed by atoms with E-state index in [2.05, 4.69) is 15.9 Å². The first-order valence-electron chi connectivity index (χ1n) is 5.57. The minimum absolute atomic E-state index is 0.112. The first kappa shape index (κ1) is 14.4. The third-order valence-corrected chi connectivity index (χ3v) is 4.18. The Kier molecular flexibility index (Phi) is 4.23. The van der Waals surface area contributed by atoms with Crippen LogP contribution in [-0.2, 0) is 0 Å². The summed E-state index contributed by atoms with van der Waals surface area (Å²) in [5, 5.41) is 0.473. The zero-order valence-corrected chi connectivity index (χ0v) is 12.4. The monoisotopic (exact) mass is 345 g/mol. The molecule has 0 aliphatic carbocycles. The second-order valence-corrected chi connectivity index (χ2v) is 5.51. The van der Waals surface area contributed by atoms with Crippen molar-refractivity contribution in [2.45, 2.75) is 13.0 Å². The second kappa shape index (κ2) is 5.57. The molecule has 2 rings (SSSR count). The van der Waals surface area contributed by atoms with E-state index in [4.69, 9.17) is 17.3 Å². The van der Waals surface area contributed by atoms with E-state index in [9.17, 15) is 8.78 Å². The summed E-state index contributed by atoms with van der Waals surface area (Å²) in [6, 6.07) is 7.31. The zero-order chi connectivity index (χ0) is 14.2. The van der Waals surface area contributed by atoms with Crippen LogP contribution in [0.15, 0.2) is 34.8 Å². The smallest absolute Gasteiger partial charge is 0.164 e. The van der Waals surface area contributed by atoms with Gasteiger partial charge in [0.25, 0.3) is 0 Å². The molecule has 2 N–H and O–H groups in total. The van der Waals surface area contributed by atoms with E-state index >= 15 is 0 Å². The molecule has 1 unspecified atom stereocenters. The van der Waals surface area contributed by atoms with E-state index in [1.807, 2.05) is 0 Å². The van der Waals surface area contributed by atoms with Gasteiger partial charge in [0.15, 0.2) is 11.6 Å². The summed E-state index contributed by atoms with van der Waals surface area (Å²) in [7, 11) is 0. The predicted molar refractivity (Wildman–Crippen MR) is 76.3 cm³/mol. The van der Waals surface area contributed by atoms with Crippen molar-refractivity contribution in [2.75, 3.05) is 0 Å². The number of hydrogen-bond donors (Lipinski definition) is 1. The number of aryl methyl sites for hydroxylation is 1. The maximum atomic E-state index is 13.9. The van der Waals surface area contributed by atoms with E-state index in [-0.39, 0.29) is 11.1 Å². The van der Waals surface area contributed by atoms with Crippen LogP contribution in [0.5, 0.6) is 0 Å². The molecule has 0 heterocycles. The molecular weight excluding hydrogens is 336 g/mol. The Hall–Kier alpha value is -0.970. The SMILES string of the molecule is Cc1ccc(C(N)c2ccc(Br)c(Cl)c2)c(F)c1F. The van der Waals surface area contributed by atoms with Gasteiger partial charge in [0.2, 0.25) is 0 Å². The fraction of sp³-hybridized carbons (Fsp3) is 0.143. The summed E-state index contributed by atoms with van der Waals surface area (Å²) in [6.45, 7) is 1.50. The molecule has 2 aromatic rings. The van der Waals surface area contributed by atoms with Crippen LogP contribution in [0.4, 0.5) is 8.78 Å². The molecule has 19 heavy (non-hydrogen) atoms. The van der Waals surface area contributed by atoms with Gasteiger partial charge in [-0.05, 0) is 46.1 Å². The van der Waals surface area contributed by atoms with E-state index in [1.54, 1.807) is 18.2 Å². The lowest BCUT2D eigenvalue weighted by molar-refractivity contribution is 0.489. The molecule has 0 saturated heterocycles. The Labute approximate surface area is 123 Å². The van der Waals surface area contributed by atoms with Crippen LogP contribution < -0.4 is 5.73 Å². The van der Waals surface area contributed by atoms with E-state index in [1.165, 1.54) is 19.1 Å². The highest BCUT2D eigenvalue weighted by atomic mass is 79.9. The minimum Gasteiger partial charge on any atom is -0.320 e. The number of rotatable bonds is 2. The van der Waals surface area contributed by atoms with Gasteiger partial charge in [0, 0.05) is 10.0 Å². The Morgan fingerprint density at radius 1 is 1.16 bits per heavy atom. The number of benzene rings is 2. The average Bonchev–Trinajstić information content (AvgIpc) is 2.39. The highest BCUT2D eigenvalue weighted by molar-refractivity contribution is 9.10. The molecule has 100 valence electrons. The van der Waals surface area contributed by atoms with Gasteiger partial charge in [-0.3, -0.25) is 0 Å². The zero-order valence-electron chi connectivity index (χ0n) is 10.1. The summed E-state index contributed by atoms with van der Waals surface area (Å²) < 4.78 is 28.2. The number of hydrogen-bond acceptors (Lipinski definition) is 1. The third-order valence-electron chi connectivity index (χ3n) is 2.94. The Balaban J connectivity index is 2.47. The van der Waals surface area contributed by atoms with Gasteiger partial charge in [-0.2, -0.15) is 0 Å². The van der Waals surface area contributed by atoms with Gasteiger partial charge in [0.1, 0.15) is 0 Å². The molecule has 0 radical (unpaired) electrons. The van der Waals surface area contributed by atoms with Crippen molar-refractivity contribution in [2.24, 2.45) is 5.73 Å². The first-order chi connectivity index (χ1) is 8.91. The molecule has 0 bridgehead atoms. The van der Waals surface area contributed by atoms with Crippen molar-refractivity contribution < 1.29 is 8.78 Å². The first-order valence-corrected chi connectivity index (χ1v) is 6.74. The molecule has 5 heteroatoms. The van der Waals surface area contributed by atoms with Gasteiger partial charge in [-0.1, -0.05) is 29.8 Å². The van der Waals surface area contributed by atoms with Crippen LogP contribution in [0.1, 0.15) is 22.7 Å². The van der Waals surface area contributed by atoms with Crippen molar-refractivity contribution in [3.05, 3.63) is 68.2 Å². The molecule has 2 aromatic carbocycles.